The summed E-state index contributed by atoms with van der Waals surface area (Å²) in [6, 6.07) is 4.04. The van der Waals surface area contributed by atoms with E-state index in [9.17, 15) is 13.2 Å². The molecule has 0 N–H and O–H groups in total. The number of rotatable bonds is 2. The summed E-state index contributed by atoms with van der Waals surface area (Å²) in [5, 5.41) is 0. The van der Waals surface area contributed by atoms with Gasteiger partial charge in [0.15, 0.2) is 4.34 Å². The maximum atomic E-state index is 12.7. The number of benzene rings is 1. The summed E-state index contributed by atoms with van der Waals surface area (Å²) in [6.45, 7) is 0. The summed E-state index contributed by atoms with van der Waals surface area (Å²) < 4.78 is 37.6. The molecule has 0 aliphatic rings. The van der Waals surface area contributed by atoms with Gasteiger partial charge in [-0.05, 0) is 30.0 Å². The zero-order chi connectivity index (χ0) is 10.1. The van der Waals surface area contributed by atoms with Gasteiger partial charge in [0, 0.05) is 0 Å². The minimum absolute atomic E-state index is 0.264. The summed E-state index contributed by atoms with van der Waals surface area (Å²) in [6.07, 6.45) is 0. The van der Waals surface area contributed by atoms with Crippen LogP contribution in [0.2, 0.25) is 0 Å². The number of aromatic nitrogens is 1. The van der Waals surface area contributed by atoms with Gasteiger partial charge in [0.25, 0.3) is 5.76 Å². The average Bonchev–Trinajstić information content (AvgIpc) is 2.44. The van der Waals surface area contributed by atoms with Crippen LogP contribution in [0.4, 0.5) is 13.2 Å². The third-order valence-corrected chi connectivity index (χ3v) is 3.34. The fourth-order valence-electron chi connectivity index (χ4n) is 1.00. The highest BCUT2D eigenvalue weighted by molar-refractivity contribution is 8.01. The van der Waals surface area contributed by atoms with E-state index in [2.05, 4.69) is 4.98 Å². The Morgan fingerprint density at radius 1 is 1.36 bits per heavy atom. The van der Waals surface area contributed by atoms with Gasteiger partial charge in [-0.2, -0.15) is 8.78 Å². The molecule has 1 heterocycles. The molecule has 0 unspecified atom stereocenters. The van der Waals surface area contributed by atoms with Crippen LogP contribution in [0.1, 0.15) is 0 Å². The number of hydrogen-bond donors (Lipinski definition) is 0. The van der Waals surface area contributed by atoms with E-state index in [1.54, 1.807) is 0 Å². The summed E-state index contributed by atoms with van der Waals surface area (Å²) in [5.74, 6) is -2.87. The van der Waals surface area contributed by atoms with Crippen LogP contribution in [0, 0.1) is 5.82 Å². The molecule has 2 aromatic rings. The maximum Gasteiger partial charge on any atom is 0.291 e. The smallest absolute Gasteiger partial charge is 0.229 e. The molecule has 0 radical (unpaired) electrons. The molecule has 0 aliphatic carbocycles. The van der Waals surface area contributed by atoms with Gasteiger partial charge in [-0.15, -0.1) is 11.3 Å². The quantitative estimate of drug-likeness (QED) is 0.735. The lowest BCUT2D eigenvalue weighted by molar-refractivity contribution is 0.252. The highest BCUT2D eigenvalue weighted by Crippen LogP contribution is 2.33. The Morgan fingerprint density at radius 2 is 2.14 bits per heavy atom. The van der Waals surface area contributed by atoms with E-state index in [0.29, 0.717) is 22.0 Å². The number of thiazole rings is 1. The van der Waals surface area contributed by atoms with E-state index in [1.165, 1.54) is 18.2 Å². The number of halogens is 3. The average molecular weight is 235 g/mol. The Bertz CT molecular complexity index is 455. The van der Waals surface area contributed by atoms with Gasteiger partial charge in [-0.3, -0.25) is 0 Å². The predicted octanol–water partition coefficient (Wildman–Crippen LogP) is 3.75. The van der Waals surface area contributed by atoms with E-state index in [0.717, 1.165) is 11.3 Å². The monoisotopic (exact) mass is 235 g/mol. The number of nitrogens with zero attached hydrogens (tertiary/aromatic N) is 1. The first-order chi connectivity index (χ1) is 6.65. The largest absolute Gasteiger partial charge is 0.291 e. The van der Waals surface area contributed by atoms with Crippen molar-refractivity contribution in [1.82, 2.24) is 4.98 Å². The summed E-state index contributed by atoms with van der Waals surface area (Å²) in [4.78, 5) is 3.93. The van der Waals surface area contributed by atoms with Crippen molar-refractivity contribution in [3.63, 3.8) is 0 Å². The van der Waals surface area contributed by atoms with E-state index in [-0.39, 0.29) is 10.2 Å². The molecule has 0 aliphatic heterocycles. The van der Waals surface area contributed by atoms with Crippen molar-refractivity contribution < 1.29 is 13.2 Å². The third-order valence-electron chi connectivity index (χ3n) is 1.52. The SMILES string of the molecule is Fc1ccc2nc(SC(F)F)sc2c1. The van der Waals surface area contributed by atoms with Gasteiger partial charge in [0.1, 0.15) is 5.82 Å². The second kappa shape index (κ2) is 3.78. The van der Waals surface area contributed by atoms with Crippen LogP contribution in [0.3, 0.4) is 0 Å². The number of thioether (sulfide) groups is 1. The van der Waals surface area contributed by atoms with Gasteiger partial charge < -0.3 is 0 Å². The Balaban J connectivity index is 2.41. The first-order valence-corrected chi connectivity index (χ1v) is 5.35. The zero-order valence-corrected chi connectivity index (χ0v) is 8.34. The molecule has 0 fully saturated rings. The molecule has 1 nitrogen and oxygen atoms in total. The standard InChI is InChI=1S/C8H4F3NS2/c9-4-1-2-5-6(3-4)13-8(12-5)14-7(10)11/h1-3,7H. The van der Waals surface area contributed by atoms with Crippen molar-refractivity contribution in [2.75, 3.05) is 0 Å². The molecule has 0 amide bonds. The zero-order valence-electron chi connectivity index (χ0n) is 6.71. The highest BCUT2D eigenvalue weighted by atomic mass is 32.2. The topological polar surface area (TPSA) is 12.9 Å². The number of alkyl halides is 2. The lowest BCUT2D eigenvalue weighted by atomic mass is 10.3. The highest BCUT2D eigenvalue weighted by Gasteiger charge is 2.10. The predicted molar refractivity (Wildman–Crippen MR) is 51.4 cm³/mol. The Morgan fingerprint density at radius 3 is 2.86 bits per heavy atom. The van der Waals surface area contributed by atoms with Crippen LogP contribution >= 0.6 is 23.1 Å². The molecule has 2 rings (SSSR count). The molecule has 74 valence electrons. The minimum Gasteiger partial charge on any atom is -0.229 e. The van der Waals surface area contributed by atoms with Crippen LogP contribution in [-0.2, 0) is 0 Å². The molecule has 0 atom stereocenters. The summed E-state index contributed by atoms with van der Waals surface area (Å²) >= 11 is 1.45. The van der Waals surface area contributed by atoms with E-state index in [1.807, 2.05) is 0 Å². The summed E-state index contributed by atoms with van der Waals surface area (Å²) in [7, 11) is 0. The summed E-state index contributed by atoms with van der Waals surface area (Å²) in [5.41, 5.74) is 0.555. The first-order valence-electron chi connectivity index (χ1n) is 3.66. The van der Waals surface area contributed by atoms with Gasteiger partial charge in [-0.25, -0.2) is 9.37 Å². The Kier molecular flexibility index (Phi) is 2.64. The van der Waals surface area contributed by atoms with E-state index in [4.69, 9.17) is 0 Å². The van der Waals surface area contributed by atoms with Crippen molar-refractivity contribution in [2.24, 2.45) is 0 Å². The normalized spacial score (nSPS) is 11.4. The molecular weight excluding hydrogens is 231 g/mol. The Labute approximate surface area is 86.0 Å². The molecule has 0 saturated heterocycles. The second-order valence-corrected chi connectivity index (χ2v) is 4.74. The number of hydrogen-bond acceptors (Lipinski definition) is 3. The van der Waals surface area contributed by atoms with Crippen LogP contribution in [0.15, 0.2) is 22.5 Å². The lowest BCUT2D eigenvalue weighted by Gasteiger charge is -1.90. The van der Waals surface area contributed by atoms with Crippen LogP contribution in [0.5, 0.6) is 0 Å². The minimum atomic E-state index is -2.49. The van der Waals surface area contributed by atoms with E-state index < -0.39 is 5.76 Å². The van der Waals surface area contributed by atoms with Crippen molar-refractivity contribution in [1.29, 1.82) is 0 Å². The van der Waals surface area contributed by atoms with Crippen molar-refractivity contribution >= 4 is 33.3 Å². The van der Waals surface area contributed by atoms with Crippen molar-refractivity contribution in [2.45, 2.75) is 10.1 Å². The Hall–Kier alpha value is -0.750. The molecule has 14 heavy (non-hydrogen) atoms. The van der Waals surface area contributed by atoms with Crippen LogP contribution in [0.25, 0.3) is 10.2 Å². The van der Waals surface area contributed by atoms with Gasteiger partial charge in [0.05, 0.1) is 10.2 Å². The molecular formula is C8H4F3NS2. The third kappa shape index (κ3) is 2.01. The van der Waals surface area contributed by atoms with Gasteiger partial charge in [0.2, 0.25) is 0 Å². The van der Waals surface area contributed by atoms with Crippen LogP contribution in [-0.4, -0.2) is 10.7 Å². The molecule has 0 spiro atoms. The lowest BCUT2D eigenvalue weighted by Crippen LogP contribution is -1.79. The van der Waals surface area contributed by atoms with Gasteiger partial charge >= 0.3 is 0 Å². The van der Waals surface area contributed by atoms with Gasteiger partial charge in [-0.1, -0.05) is 0 Å². The first kappa shape index (κ1) is 9.79. The van der Waals surface area contributed by atoms with Crippen molar-refractivity contribution in [3.8, 4) is 0 Å². The van der Waals surface area contributed by atoms with Crippen LogP contribution < -0.4 is 0 Å². The molecule has 0 saturated carbocycles. The fraction of sp³-hybridized carbons (Fsp3) is 0.125. The van der Waals surface area contributed by atoms with Crippen molar-refractivity contribution in [3.05, 3.63) is 24.0 Å². The molecule has 1 aromatic carbocycles. The fourth-order valence-corrected chi connectivity index (χ4v) is 2.71. The second-order valence-electron chi connectivity index (χ2n) is 2.47. The molecule has 1 aromatic heterocycles. The number of fused-ring (bicyclic) bond motifs is 1. The molecule has 0 bridgehead atoms. The maximum absolute atomic E-state index is 12.7. The van der Waals surface area contributed by atoms with E-state index >= 15 is 0 Å². The molecule has 6 heteroatoms.